The van der Waals surface area contributed by atoms with E-state index in [0.717, 1.165) is 11.3 Å². The van der Waals surface area contributed by atoms with Crippen molar-refractivity contribution in [1.29, 1.82) is 0 Å². The number of nitrogens with zero attached hydrogens (tertiary/aromatic N) is 1. The molecule has 1 heterocycles. The van der Waals surface area contributed by atoms with Crippen molar-refractivity contribution >= 4 is 11.6 Å². The molecule has 3 nitrogen and oxygen atoms in total. The lowest BCUT2D eigenvalue weighted by atomic mass is 9.91. The van der Waals surface area contributed by atoms with Gasteiger partial charge in [-0.25, -0.2) is 0 Å². The van der Waals surface area contributed by atoms with Crippen LogP contribution in [0, 0.1) is 0 Å². The van der Waals surface area contributed by atoms with Crippen LogP contribution in [0.1, 0.15) is 27.6 Å². The number of carbonyl (C=O) groups is 2. The van der Waals surface area contributed by atoms with Crippen LogP contribution in [0.5, 0.6) is 0 Å². The summed E-state index contributed by atoms with van der Waals surface area (Å²) in [5.41, 5.74) is 3.27. The summed E-state index contributed by atoms with van der Waals surface area (Å²) in [4.78, 5) is 24.3. The molecule has 0 unspecified atom stereocenters. The zero-order valence-corrected chi connectivity index (χ0v) is 10.8. The number of fused-ring (bicyclic) bond motifs is 1. The smallest absolute Gasteiger partial charge is 0.191 e. The first-order valence-corrected chi connectivity index (χ1v) is 6.11. The third-order valence-corrected chi connectivity index (χ3v) is 3.43. The molecule has 2 aromatic rings. The Kier molecular flexibility index (Phi) is 2.49. The topological polar surface area (TPSA) is 39.1 Å². The van der Waals surface area contributed by atoms with Crippen molar-refractivity contribution in [2.24, 2.45) is 7.05 Å². The minimum Gasteiger partial charge on any atom is -0.349 e. The fourth-order valence-electron chi connectivity index (χ4n) is 2.54. The Morgan fingerprint density at radius 3 is 2.42 bits per heavy atom. The standard InChI is InChI=1S/C16H13NO2/c1-10-8-13(18)14-12(16(10)19)9-17(2)15(14)11-6-4-3-5-7-11/h3-9H,1-2H3. The lowest BCUT2D eigenvalue weighted by Gasteiger charge is -2.10. The molecular weight excluding hydrogens is 238 g/mol. The summed E-state index contributed by atoms with van der Waals surface area (Å²) < 4.78 is 1.85. The summed E-state index contributed by atoms with van der Waals surface area (Å²) in [7, 11) is 1.86. The van der Waals surface area contributed by atoms with E-state index in [0.29, 0.717) is 16.7 Å². The van der Waals surface area contributed by atoms with Crippen molar-refractivity contribution in [1.82, 2.24) is 4.57 Å². The van der Waals surface area contributed by atoms with E-state index in [1.54, 1.807) is 13.1 Å². The molecule has 1 aliphatic rings. The van der Waals surface area contributed by atoms with Crippen molar-refractivity contribution in [3.05, 3.63) is 59.3 Å². The average molecular weight is 251 g/mol. The van der Waals surface area contributed by atoms with E-state index < -0.39 is 0 Å². The van der Waals surface area contributed by atoms with E-state index in [4.69, 9.17) is 0 Å². The molecule has 0 atom stereocenters. The Balaban J connectivity index is 2.30. The molecule has 0 bridgehead atoms. The van der Waals surface area contributed by atoms with Crippen LogP contribution in [0.4, 0.5) is 0 Å². The average Bonchev–Trinajstić information content (AvgIpc) is 2.75. The second-order valence-corrected chi connectivity index (χ2v) is 4.76. The predicted octanol–water partition coefficient (Wildman–Crippen LogP) is 3.02. The molecule has 0 aliphatic heterocycles. The van der Waals surface area contributed by atoms with Crippen molar-refractivity contribution in [2.75, 3.05) is 0 Å². The molecular formula is C16H13NO2. The highest BCUT2D eigenvalue weighted by Gasteiger charge is 2.29. The summed E-state index contributed by atoms with van der Waals surface area (Å²) in [6.07, 6.45) is 3.17. The second-order valence-electron chi connectivity index (χ2n) is 4.76. The molecule has 0 fully saturated rings. The Morgan fingerprint density at radius 2 is 1.74 bits per heavy atom. The number of rotatable bonds is 1. The second kappa shape index (κ2) is 4.05. The van der Waals surface area contributed by atoms with Gasteiger partial charge in [-0.05, 0) is 18.6 Å². The Hall–Kier alpha value is -2.42. The fourth-order valence-corrected chi connectivity index (χ4v) is 2.54. The first kappa shape index (κ1) is 11.7. The molecule has 0 N–H and O–H groups in total. The molecule has 1 aliphatic carbocycles. The van der Waals surface area contributed by atoms with E-state index in [9.17, 15) is 9.59 Å². The number of benzene rings is 1. The third kappa shape index (κ3) is 1.66. The maximum Gasteiger partial charge on any atom is 0.191 e. The van der Waals surface area contributed by atoms with Crippen LogP contribution in [0.2, 0.25) is 0 Å². The Morgan fingerprint density at radius 1 is 1.05 bits per heavy atom. The van der Waals surface area contributed by atoms with Gasteiger partial charge < -0.3 is 4.57 Å². The van der Waals surface area contributed by atoms with Gasteiger partial charge in [-0.15, -0.1) is 0 Å². The van der Waals surface area contributed by atoms with E-state index in [-0.39, 0.29) is 11.6 Å². The van der Waals surface area contributed by atoms with Crippen LogP contribution in [0.25, 0.3) is 11.3 Å². The zero-order chi connectivity index (χ0) is 13.6. The molecule has 0 amide bonds. The van der Waals surface area contributed by atoms with Crippen LogP contribution >= 0.6 is 0 Å². The Bertz CT molecular complexity index is 721. The van der Waals surface area contributed by atoms with Gasteiger partial charge in [0.15, 0.2) is 11.6 Å². The number of hydrogen-bond acceptors (Lipinski definition) is 2. The van der Waals surface area contributed by atoms with Gasteiger partial charge in [0.1, 0.15) is 0 Å². The molecule has 0 radical (unpaired) electrons. The van der Waals surface area contributed by atoms with Gasteiger partial charge in [-0.2, -0.15) is 0 Å². The highest BCUT2D eigenvalue weighted by atomic mass is 16.1. The zero-order valence-electron chi connectivity index (χ0n) is 10.8. The molecule has 19 heavy (non-hydrogen) atoms. The quantitative estimate of drug-likeness (QED) is 0.781. The lowest BCUT2D eigenvalue weighted by Crippen LogP contribution is -2.13. The minimum atomic E-state index is -0.0912. The molecule has 0 saturated carbocycles. The summed E-state index contributed by atoms with van der Waals surface area (Å²) in [5, 5.41) is 0. The molecule has 3 heteroatoms. The monoisotopic (exact) mass is 251 g/mol. The largest absolute Gasteiger partial charge is 0.349 e. The fraction of sp³-hybridized carbons (Fsp3) is 0.125. The SMILES string of the molecule is CC1=CC(=O)c2c(cn(C)c2-c2ccccc2)C1=O. The molecule has 3 rings (SSSR count). The number of ketones is 2. The van der Waals surface area contributed by atoms with E-state index >= 15 is 0 Å². The third-order valence-electron chi connectivity index (χ3n) is 3.43. The number of allylic oxidation sites excluding steroid dienone is 2. The summed E-state index contributed by atoms with van der Waals surface area (Å²) in [5.74, 6) is -0.154. The number of aryl methyl sites for hydroxylation is 1. The van der Waals surface area contributed by atoms with Gasteiger partial charge in [0.25, 0.3) is 0 Å². The van der Waals surface area contributed by atoms with Crippen molar-refractivity contribution < 1.29 is 9.59 Å². The van der Waals surface area contributed by atoms with Crippen molar-refractivity contribution in [2.45, 2.75) is 6.92 Å². The van der Waals surface area contributed by atoms with Crippen LogP contribution in [0.3, 0.4) is 0 Å². The highest BCUT2D eigenvalue weighted by molar-refractivity contribution is 6.26. The first-order chi connectivity index (χ1) is 9.09. The number of Topliss-reactive ketones (excluding diaryl/α,β-unsaturated/α-hetero) is 1. The van der Waals surface area contributed by atoms with Crippen molar-refractivity contribution in [3.8, 4) is 11.3 Å². The lowest BCUT2D eigenvalue weighted by molar-refractivity contribution is 0.0986. The van der Waals surface area contributed by atoms with Gasteiger partial charge in [-0.1, -0.05) is 30.3 Å². The predicted molar refractivity (Wildman–Crippen MR) is 73.3 cm³/mol. The van der Waals surface area contributed by atoms with E-state index in [1.165, 1.54) is 6.08 Å². The summed E-state index contributed by atoms with van der Waals surface area (Å²) >= 11 is 0. The highest BCUT2D eigenvalue weighted by Crippen LogP contribution is 2.32. The van der Waals surface area contributed by atoms with Gasteiger partial charge in [0.2, 0.25) is 0 Å². The number of aromatic nitrogens is 1. The molecule has 1 aromatic heterocycles. The molecule has 0 saturated heterocycles. The number of hydrogen-bond donors (Lipinski definition) is 0. The van der Waals surface area contributed by atoms with Gasteiger partial charge >= 0.3 is 0 Å². The van der Waals surface area contributed by atoms with Gasteiger partial charge in [0.05, 0.1) is 16.8 Å². The summed E-state index contributed by atoms with van der Waals surface area (Å²) in [6.45, 7) is 1.68. The first-order valence-electron chi connectivity index (χ1n) is 6.11. The van der Waals surface area contributed by atoms with Crippen LogP contribution < -0.4 is 0 Å². The van der Waals surface area contributed by atoms with Gasteiger partial charge in [0, 0.05) is 18.8 Å². The number of carbonyl (C=O) groups excluding carboxylic acids is 2. The van der Waals surface area contributed by atoms with Crippen LogP contribution in [0.15, 0.2) is 48.2 Å². The van der Waals surface area contributed by atoms with Crippen molar-refractivity contribution in [3.63, 3.8) is 0 Å². The van der Waals surface area contributed by atoms with E-state index in [1.807, 2.05) is 41.9 Å². The minimum absolute atomic E-state index is 0.0626. The Labute approximate surface area is 111 Å². The van der Waals surface area contributed by atoms with Gasteiger partial charge in [-0.3, -0.25) is 9.59 Å². The molecule has 0 spiro atoms. The van der Waals surface area contributed by atoms with E-state index in [2.05, 4.69) is 0 Å². The molecule has 94 valence electrons. The van der Waals surface area contributed by atoms with Crippen LogP contribution in [-0.4, -0.2) is 16.1 Å². The maximum absolute atomic E-state index is 12.2. The maximum atomic E-state index is 12.2. The van der Waals surface area contributed by atoms with Crippen LogP contribution in [-0.2, 0) is 7.05 Å². The summed E-state index contributed by atoms with van der Waals surface area (Å²) in [6, 6.07) is 9.66. The molecule has 1 aromatic carbocycles. The normalized spacial score (nSPS) is 14.3.